The first-order valence-electron chi connectivity index (χ1n) is 20.1. The van der Waals surface area contributed by atoms with Crippen LogP contribution in [0.1, 0.15) is 105 Å². The smallest absolute Gasteiger partial charge is 0.187 e. The van der Waals surface area contributed by atoms with E-state index in [2.05, 4.69) is 34.6 Å². The van der Waals surface area contributed by atoms with Crippen molar-refractivity contribution >= 4 is 0 Å². The molecule has 51 heavy (non-hydrogen) atoms. The Hall–Kier alpha value is -0.480. The Morgan fingerprint density at radius 1 is 0.686 bits per heavy atom. The number of fused-ring (bicyclic) bond motifs is 5. The molecule has 0 aromatic carbocycles. The fourth-order valence-electron chi connectivity index (χ4n) is 12.3. The maximum Gasteiger partial charge on any atom is 0.187 e. The highest BCUT2D eigenvalue weighted by Gasteiger charge is 2.62. The van der Waals surface area contributed by atoms with Crippen LogP contribution in [0.15, 0.2) is 0 Å². The average molecular weight is 729 g/mol. The van der Waals surface area contributed by atoms with Crippen molar-refractivity contribution in [2.45, 2.75) is 179 Å². The minimum atomic E-state index is -1.74. The average Bonchev–Trinajstić information content (AvgIpc) is 3.45. The van der Waals surface area contributed by atoms with Crippen molar-refractivity contribution in [2.24, 2.45) is 52.3 Å². The SMILES string of the molecule is CC(C)CCC[C@@H](C)[C@H]1CCC2C3CC[C@H]4C[C@@H](O[C@@H]5O[C@H](CO)[C@@H](O[C@H]6O[C@@H](CO)[C@H](O)[C@@H](O)[C@@H]6O)[C@H](O)[C@H]5O)[C@H](O)C[C@]4(C)C3CC[C@@]21C. The third-order valence-corrected chi connectivity index (χ3v) is 15.1. The summed E-state index contributed by atoms with van der Waals surface area (Å²) in [6.45, 7) is 10.8. The highest BCUT2D eigenvalue weighted by molar-refractivity contribution is 5.11. The van der Waals surface area contributed by atoms with Crippen LogP contribution in [0.4, 0.5) is 0 Å². The molecule has 8 N–H and O–H groups in total. The van der Waals surface area contributed by atoms with E-state index in [0.717, 1.165) is 30.1 Å². The molecule has 296 valence electrons. The largest absolute Gasteiger partial charge is 0.394 e. The summed E-state index contributed by atoms with van der Waals surface area (Å²) < 4.78 is 23.3. The molecule has 2 heterocycles. The van der Waals surface area contributed by atoms with Gasteiger partial charge in [0, 0.05) is 0 Å². The van der Waals surface area contributed by atoms with Crippen LogP contribution in [-0.4, -0.2) is 128 Å². The number of hydrogen-bond acceptors (Lipinski definition) is 12. The molecule has 4 saturated carbocycles. The second-order valence-corrected chi connectivity index (χ2v) is 18.4. The first-order valence-corrected chi connectivity index (χ1v) is 20.1. The topological polar surface area (TPSA) is 199 Å². The molecule has 0 aromatic heterocycles. The van der Waals surface area contributed by atoms with Gasteiger partial charge in [-0.15, -0.1) is 0 Å². The summed E-state index contributed by atoms with van der Waals surface area (Å²) >= 11 is 0. The third kappa shape index (κ3) is 7.45. The molecule has 0 bridgehead atoms. The number of hydrogen-bond donors (Lipinski definition) is 8. The van der Waals surface area contributed by atoms with E-state index in [1.54, 1.807) is 0 Å². The molecule has 3 unspecified atom stereocenters. The Morgan fingerprint density at radius 2 is 1.33 bits per heavy atom. The van der Waals surface area contributed by atoms with Crippen LogP contribution in [0.2, 0.25) is 0 Å². The zero-order chi connectivity index (χ0) is 37.0. The van der Waals surface area contributed by atoms with E-state index in [-0.39, 0.29) is 5.41 Å². The lowest BCUT2D eigenvalue weighted by Crippen LogP contribution is -2.65. The fraction of sp³-hybridized carbons (Fsp3) is 1.00. The Kier molecular flexibility index (Phi) is 12.6. The maximum absolute atomic E-state index is 11.6. The Labute approximate surface area is 303 Å². The van der Waals surface area contributed by atoms with Gasteiger partial charge in [-0.3, -0.25) is 0 Å². The van der Waals surface area contributed by atoms with E-state index in [9.17, 15) is 40.9 Å². The van der Waals surface area contributed by atoms with Crippen LogP contribution in [-0.2, 0) is 18.9 Å². The number of ether oxygens (including phenoxy) is 4. The number of rotatable bonds is 11. The first kappa shape index (κ1) is 40.2. The van der Waals surface area contributed by atoms with Gasteiger partial charge in [0.05, 0.1) is 25.4 Å². The summed E-state index contributed by atoms with van der Waals surface area (Å²) in [6, 6.07) is 0. The summed E-state index contributed by atoms with van der Waals surface area (Å²) in [7, 11) is 0. The van der Waals surface area contributed by atoms with Crippen molar-refractivity contribution < 1.29 is 59.8 Å². The van der Waals surface area contributed by atoms with Gasteiger partial charge in [0.15, 0.2) is 12.6 Å². The Balaban J connectivity index is 1.08. The molecule has 2 saturated heterocycles. The molecule has 6 rings (SSSR count). The maximum atomic E-state index is 11.6. The van der Waals surface area contributed by atoms with E-state index >= 15 is 0 Å². The molecule has 0 spiro atoms. The zero-order valence-electron chi connectivity index (χ0n) is 31.4. The number of aliphatic hydroxyl groups is 8. The molecule has 12 nitrogen and oxygen atoms in total. The van der Waals surface area contributed by atoms with E-state index in [4.69, 9.17) is 18.9 Å². The van der Waals surface area contributed by atoms with Gasteiger partial charge in [0.25, 0.3) is 0 Å². The van der Waals surface area contributed by atoms with Crippen LogP contribution < -0.4 is 0 Å². The van der Waals surface area contributed by atoms with Crippen LogP contribution in [0.3, 0.4) is 0 Å². The fourth-order valence-corrected chi connectivity index (χ4v) is 12.3. The predicted octanol–water partition coefficient (Wildman–Crippen LogP) is 2.09. The van der Waals surface area contributed by atoms with E-state index in [1.807, 2.05) is 0 Å². The molecular weight excluding hydrogens is 660 g/mol. The normalized spacial score (nSPS) is 52.2. The van der Waals surface area contributed by atoms with Gasteiger partial charge in [-0.1, -0.05) is 53.9 Å². The van der Waals surface area contributed by atoms with Crippen LogP contribution >= 0.6 is 0 Å². The van der Waals surface area contributed by atoms with Crippen LogP contribution in [0.5, 0.6) is 0 Å². The standard InChI is InChI=1S/C39H68O12/c1-19(2)7-6-8-20(3)23-11-12-24-22-10-9-21-15-27(26(42)16-39(21,5)25(22)13-14-38(23,24)4)48-36-34(47)32(45)35(29(18-41)50-36)51-37-33(46)31(44)30(43)28(17-40)49-37/h19-37,40-47H,6-18H2,1-5H3/t20-,21+,22?,23-,24?,25?,26-,27-,28+,29-,30+,31-,32-,33+,34-,35-,36-,37-,38-,39+/m1/s1. The summed E-state index contributed by atoms with van der Waals surface area (Å²) in [5, 5.41) is 84.3. The van der Waals surface area contributed by atoms with Crippen molar-refractivity contribution in [3.8, 4) is 0 Å². The minimum absolute atomic E-state index is 0.0198. The highest BCUT2D eigenvalue weighted by Crippen LogP contribution is 2.68. The molecule has 20 atom stereocenters. The van der Waals surface area contributed by atoms with E-state index in [1.165, 1.54) is 51.4 Å². The first-order chi connectivity index (χ1) is 24.1. The van der Waals surface area contributed by atoms with Crippen molar-refractivity contribution in [1.29, 1.82) is 0 Å². The summed E-state index contributed by atoms with van der Waals surface area (Å²) in [5.41, 5.74) is 0.372. The number of aliphatic hydroxyl groups excluding tert-OH is 8. The van der Waals surface area contributed by atoms with Gasteiger partial charge in [-0.05, 0) is 104 Å². The summed E-state index contributed by atoms with van der Waals surface area (Å²) in [6.07, 6.45) is -4.04. The van der Waals surface area contributed by atoms with Crippen molar-refractivity contribution in [2.75, 3.05) is 13.2 Å². The molecule has 0 aromatic rings. The van der Waals surface area contributed by atoms with Crippen molar-refractivity contribution in [1.82, 2.24) is 0 Å². The second-order valence-electron chi connectivity index (χ2n) is 18.4. The second kappa shape index (κ2) is 15.9. The van der Waals surface area contributed by atoms with Gasteiger partial charge in [0.1, 0.15) is 48.8 Å². The lowest BCUT2D eigenvalue weighted by atomic mass is 9.44. The van der Waals surface area contributed by atoms with Crippen molar-refractivity contribution in [3.63, 3.8) is 0 Å². The van der Waals surface area contributed by atoms with Gasteiger partial charge >= 0.3 is 0 Å². The molecule has 6 aliphatic rings. The molecule has 0 amide bonds. The van der Waals surface area contributed by atoms with Crippen molar-refractivity contribution in [3.05, 3.63) is 0 Å². The van der Waals surface area contributed by atoms with Gasteiger partial charge < -0.3 is 59.8 Å². The lowest BCUT2D eigenvalue weighted by molar-refractivity contribution is -0.366. The molecule has 6 fully saturated rings. The van der Waals surface area contributed by atoms with Crippen LogP contribution in [0.25, 0.3) is 0 Å². The zero-order valence-corrected chi connectivity index (χ0v) is 31.4. The monoisotopic (exact) mass is 728 g/mol. The quantitative estimate of drug-likeness (QED) is 0.145. The third-order valence-electron chi connectivity index (χ3n) is 15.1. The summed E-state index contributed by atoms with van der Waals surface area (Å²) in [4.78, 5) is 0. The molecule has 2 aliphatic heterocycles. The minimum Gasteiger partial charge on any atom is -0.394 e. The molecule has 4 aliphatic carbocycles. The predicted molar refractivity (Wildman–Crippen MR) is 186 cm³/mol. The van der Waals surface area contributed by atoms with Gasteiger partial charge in [-0.2, -0.15) is 0 Å². The van der Waals surface area contributed by atoms with E-state index < -0.39 is 86.8 Å². The Bertz CT molecular complexity index is 1140. The molecule has 0 radical (unpaired) electrons. The highest BCUT2D eigenvalue weighted by atomic mass is 16.7. The Morgan fingerprint density at radius 3 is 2.02 bits per heavy atom. The van der Waals surface area contributed by atoms with Gasteiger partial charge in [-0.25, -0.2) is 0 Å². The molecular formula is C39H68O12. The molecule has 12 heteroatoms. The summed E-state index contributed by atoms with van der Waals surface area (Å²) in [5.74, 6) is 4.61. The van der Waals surface area contributed by atoms with Gasteiger partial charge in [0.2, 0.25) is 0 Å². The van der Waals surface area contributed by atoms with Crippen LogP contribution in [0, 0.1) is 52.3 Å². The lowest BCUT2D eigenvalue weighted by Gasteiger charge is -2.62. The van der Waals surface area contributed by atoms with E-state index in [0.29, 0.717) is 36.0 Å².